The van der Waals surface area contributed by atoms with Crippen molar-refractivity contribution >= 4 is 21.6 Å². The molecule has 0 bridgehead atoms. The van der Waals surface area contributed by atoms with Crippen molar-refractivity contribution in [1.29, 1.82) is 0 Å². The van der Waals surface area contributed by atoms with Gasteiger partial charge >= 0.3 is 0 Å². The maximum atomic E-state index is 13.0. The Morgan fingerprint density at radius 3 is 2.45 bits per heavy atom. The van der Waals surface area contributed by atoms with Gasteiger partial charge in [-0.15, -0.1) is 0 Å². The van der Waals surface area contributed by atoms with Crippen LogP contribution < -0.4 is 10.0 Å². The zero-order chi connectivity index (χ0) is 23.4. The van der Waals surface area contributed by atoms with Gasteiger partial charge in [0.25, 0.3) is 5.91 Å². The number of anilines is 1. The van der Waals surface area contributed by atoms with E-state index in [0.717, 1.165) is 28.8 Å². The first-order valence-corrected chi connectivity index (χ1v) is 12.3. The van der Waals surface area contributed by atoms with E-state index in [0.29, 0.717) is 11.3 Å². The lowest BCUT2D eigenvalue weighted by molar-refractivity contribution is 0.0940. The summed E-state index contributed by atoms with van der Waals surface area (Å²) in [5.41, 5.74) is 4.47. The molecule has 4 aromatic rings. The van der Waals surface area contributed by atoms with Crippen LogP contribution in [-0.4, -0.2) is 30.4 Å². The Labute approximate surface area is 193 Å². The molecule has 0 aliphatic rings. The number of nitrogens with zero attached hydrogens (tertiary/aromatic N) is 2. The molecule has 3 aromatic carbocycles. The predicted octanol–water partition coefficient (Wildman–Crippen LogP) is 4.40. The molecule has 7 nitrogen and oxygen atoms in total. The number of carbonyl (C=O) groups is 1. The average Bonchev–Trinajstić information content (AvgIpc) is 3.29. The van der Waals surface area contributed by atoms with Crippen molar-refractivity contribution in [2.45, 2.75) is 13.0 Å². The first kappa shape index (κ1) is 22.3. The van der Waals surface area contributed by atoms with Gasteiger partial charge in [0.05, 0.1) is 29.9 Å². The number of aromatic nitrogens is 2. The quantitative estimate of drug-likeness (QED) is 0.427. The lowest BCUT2D eigenvalue weighted by atomic mass is 10.1. The SMILES string of the molecule is CC(NC(=O)c1cccc(-n2nccc2-c2ccccc2)c1)c1cccc(NS(C)(=O)=O)c1. The van der Waals surface area contributed by atoms with E-state index in [1.165, 1.54) is 0 Å². The predicted molar refractivity (Wildman–Crippen MR) is 130 cm³/mol. The molecule has 8 heteroatoms. The molecule has 0 fully saturated rings. The van der Waals surface area contributed by atoms with E-state index < -0.39 is 10.0 Å². The standard InChI is InChI=1S/C25H24N4O3S/c1-18(20-10-6-12-22(16-20)28-33(2,31)32)27-25(30)21-11-7-13-23(17-21)29-24(14-15-26-29)19-8-4-3-5-9-19/h3-18,28H,1-2H3,(H,27,30). The van der Waals surface area contributed by atoms with Crippen molar-refractivity contribution in [3.63, 3.8) is 0 Å². The second-order valence-corrected chi connectivity index (χ2v) is 9.49. The zero-order valence-corrected chi connectivity index (χ0v) is 19.1. The summed E-state index contributed by atoms with van der Waals surface area (Å²) < 4.78 is 27.3. The van der Waals surface area contributed by atoms with E-state index in [2.05, 4.69) is 15.1 Å². The number of amides is 1. The Kier molecular flexibility index (Phi) is 6.28. The summed E-state index contributed by atoms with van der Waals surface area (Å²) in [5, 5.41) is 7.42. The van der Waals surface area contributed by atoms with Crippen molar-refractivity contribution in [2.24, 2.45) is 0 Å². The van der Waals surface area contributed by atoms with Gasteiger partial charge in [-0.25, -0.2) is 13.1 Å². The minimum absolute atomic E-state index is 0.237. The van der Waals surface area contributed by atoms with E-state index in [1.54, 1.807) is 41.2 Å². The molecule has 0 saturated carbocycles. The van der Waals surface area contributed by atoms with E-state index in [9.17, 15) is 13.2 Å². The summed E-state index contributed by atoms with van der Waals surface area (Å²) in [6.07, 6.45) is 2.83. The second kappa shape index (κ2) is 9.30. The third-order valence-electron chi connectivity index (χ3n) is 5.10. The Morgan fingerprint density at radius 1 is 0.939 bits per heavy atom. The van der Waals surface area contributed by atoms with E-state index in [1.807, 2.05) is 61.5 Å². The van der Waals surface area contributed by atoms with Crippen LogP contribution in [0.1, 0.15) is 28.9 Å². The number of rotatable bonds is 7. The highest BCUT2D eigenvalue weighted by atomic mass is 32.2. The maximum Gasteiger partial charge on any atom is 0.251 e. The summed E-state index contributed by atoms with van der Waals surface area (Å²) in [6, 6.07) is 25.8. The van der Waals surface area contributed by atoms with Crippen molar-refractivity contribution in [1.82, 2.24) is 15.1 Å². The third-order valence-corrected chi connectivity index (χ3v) is 5.71. The molecule has 1 unspecified atom stereocenters. The molecule has 2 N–H and O–H groups in total. The number of sulfonamides is 1. The monoisotopic (exact) mass is 460 g/mol. The molecule has 1 heterocycles. The normalized spacial score (nSPS) is 12.2. The smallest absolute Gasteiger partial charge is 0.251 e. The van der Waals surface area contributed by atoms with Gasteiger partial charge in [0.15, 0.2) is 0 Å². The van der Waals surface area contributed by atoms with Crippen LogP contribution in [0.3, 0.4) is 0 Å². The number of benzene rings is 3. The molecule has 1 aromatic heterocycles. The molecule has 33 heavy (non-hydrogen) atoms. The molecular formula is C25H24N4O3S. The fourth-order valence-corrected chi connectivity index (χ4v) is 4.12. The van der Waals surface area contributed by atoms with Crippen molar-refractivity contribution in [3.05, 3.63) is 102 Å². The fraction of sp³-hybridized carbons (Fsp3) is 0.120. The molecule has 1 atom stereocenters. The minimum atomic E-state index is -3.38. The Morgan fingerprint density at radius 2 is 1.70 bits per heavy atom. The van der Waals surface area contributed by atoms with Gasteiger partial charge in [-0.3, -0.25) is 9.52 Å². The highest BCUT2D eigenvalue weighted by molar-refractivity contribution is 7.92. The molecule has 0 radical (unpaired) electrons. The number of hydrogen-bond acceptors (Lipinski definition) is 4. The van der Waals surface area contributed by atoms with Gasteiger partial charge in [-0.05, 0) is 48.9 Å². The molecule has 0 saturated heterocycles. The van der Waals surface area contributed by atoms with Gasteiger partial charge < -0.3 is 5.32 Å². The maximum absolute atomic E-state index is 13.0. The van der Waals surface area contributed by atoms with Gasteiger partial charge in [0.2, 0.25) is 10.0 Å². The third kappa shape index (κ3) is 5.48. The van der Waals surface area contributed by atoms with Crippen LogP contribution in [0.2, 0.25) is 0 Å². The second-order valence-electron chi connectivity index (χ2n) is 7.74. The van der Waals surface area contributed by atoms with Crippen LogP contribution in [0.15, 0.2) is 91.1 Å². The van der Waals surface area contributed by atoms with Crippen molar-refractivity contribution < 1.29 is 13.2 Å². The molecule has 0 aliphatic carbocycles. The largest absolute Gasteiger partial charge is 0.346 e. The van der Waals surface area contributed by atoms with E-state index >= 15 is 0 Å². The number of nitrogens with one attached hydrogen (secondary N) is 2. The number of hydrogen-bond donors (Lipinski definition) is 2. The lowest BCUT2D eigenvalue weighted by Gasteiger charge is -2.16. The number of carbonyl (C=O) groups excluding carboxylic acids is 1. The summed E-state index contributed by atoms with van der Waals surface area (Å²) in [4.78, 5) is 13.0. The van der Waals surface area contributed by atoms with Crippen LogP contribution >= 0.6 is 0 Å². The van der Waals surface area contributed by atoms with Crippen LogP contribution in [0.25, 0.3) is 16.9 Å². The Balaban J connectivity index is 1.54. The molecule has 1 amide bonds. The first-order chi connectivity index (χ1) is 15.8. The first-order valence-electron chi connectivity index (χ1n) is 10.4. The van der Waals surface area contributed by atoms with Crippen LogP contribution in [-0.2, 0) is 10.0 Å². The van der Waals surface area contributed by atoms with Crippen molar-refractivity contribution in [2.75, 3.05) is 11.0 Å². The summed E-state index contributed by atoms with van der Waals surface area (Å²) in [6.45, 7) is 1.85. The fourth-order valence-electron chi connectivity index (χ4n) is 3.56. The van der Waals surface area contributed by atoms with Gasteiger partial charge in [-0.1, -0.05) is 48.5 Å². The summed E-state index contributed by atoms with van der Waals surface area (Å²) in [5.74, 6) is -0.237. The highest BCUT2D eigenvalue weighted by Crippen LogP contribution is 2.23. The van der Waals surface area contributed by atoms with Crippen LogP contribution in [0.4, 0.5) is 5.69 Å². The minimum Gasteiger partial charge on any atom is -0.346 e. The van der Waals surface area contributed by atoms with Gasteiger partial charge in [0.1, 0.15) is 0 Å². The Bertz CT molecular complexity index is 1380. The van der Waals surface area contributed by atoms with E-state index in [4.69, 9.17) is 0 Å². The van der Waals surface area contributed by atoms with Gasteiger partial charge in [-0.2, -0.15) is 5.10 Å². The molecule has 0 spiro atoms. The van der Waals surface area contributed by atoms with Gasteiger partial charge in [0, 0.05) is 16.8 Å². The van der Waals surface area contributed by atoms with Crippen molar-refractivity contribution in [3.8, 4) is 16.9 Å². The summed E-state index contributed by atoms with van der Waals surface area (Å²) in [7, 11) is -3.38. The Hall–Kier alpha value is -3.91. The average molecular weight is 461 g/mol. The molecule has 4 rings (SSSR count). The molecular weight excluding hydrogens is 436 g/mol. The topological polar surface area (TPSA) is 93.1 Å². The summed E-state index contributed by atoms with van der Waals surface area (Å²) >= 11 is 0. The molecule has 0 aliphatic heterocycles. The molecule has 168 valence electrons. The van der Waals surface area contributed by atoms with Crippen LogP contribution in [0, 0.1) is 0 Å². The zero-order valence-electron chi connectivity index (χ0n) is 18.3. The van der Waals surface area contributed by atoms with Crippen LogP contribution in [0.5, 0.6) is 0 Å². The van der Waals surface area contributed by atoms with E-state index in [-0.39, 0.29) is 11.9 Å². The lowest BCUT2D eigenvalue weighted by Crippen LogP contribution is -2.26. The highest BCUT2D eigenvalue weighted by Gasteiger charge is 2.14.